The van der Waals surface area contributed by atoms with Crippen molar-refractivity contribution >= 4 is 11.6 Å². The SMILES string of the molecule is Cc1ccc(C(=O)NCCCC(C)C)c(N)c1. The largest absolute Gasteiger partial charge is 0.398 e. The highest BCUT2D eigenvalue weighted by Gasteiger charge is 2.08. The number of hydrogen-bond acceptors (Lipinski definition) is 2. The number of amides is 1. The van der Waals surface area contributed by atoms with Crippen LogP contribution in [0.2, 0.25) is 0 Å². The van der Waals surface area contributed by atoms with Gasteiger partial charge in [0.05, 0.1) is 5.56 Å². The van der Waals surface area contributed by atoms with Gasteiger partial charge < -0.3 is 11.1 Å². The first-order valence-electron chi connectivity index (χ1n) is 6.15. The van der Waals surface area contributed by atoms with Gasteiger partial charge in [-0.3, -0.25) is 4.79 Å². The van der Waals surface area contributed by atoms with Crippen LogP contribution in [-0.2, 0) is 0 Å². The molecule has 0 saturated heterocycles. The molecule has 1 aromatic carbocycles. The molecule has 0 radical (unpaired) electrons. The lowest BCUT2D eigenvalue weighted by Gasteiger charge is -2.09. The molecule has 0 unspecified atom stereocenters. The normalized spacial score (nSPS) is 10.6. The number of benzene rings is 1. The summed E-state index contributed by atoms with van der Waals surface area (Å²) in [5.41, 5.74) is 8.00. The summed E-state index contributed by atoms with van der Waals surface area (Å²) in [5, 5.41) is 2.90. The van der Waals surface area contributed by atoms with E-state index in [1.165, 1.54) is 0 Å². The average molecular weight is 234 g/mol. The summed E-state index contributed by atoms with van der Waals surface area (Å²) in [7, 11) is 0. The highest BCUT2D eigenvalue weighted by molar-refractivity contribution is 5.99. The van der Waals surface area contributed by atoms with Crippen LogP contribution in [0.25, 0.3) is 0 Å². The van der Waals surface area contributed by atoms with E-state index in [1.54, 1.807) is 6.07 Å². The molecule has 0 heterocycles. The van der Waals surface area contributed by atoms with E-state index in [2.05, 4.69) is 19.2 Å². The molecule has 0 aromatic heterocycles. The van der Waals surface area contributed by atoms with Gasteiger partial charge in [-0.15, -0.1) is 0 Å². The van der Waals surface area contributed by atoms with Crippen LogP contribution in [0.1, 0.15) is 42.6 Å². The number of carbonyl (C=O) groups is 1. The van der Waals surface area contributed by atoms with Crippen molar-refractivity contribution in [2.45, 2.75) is 33.6 Å². The van der Waals surface area contributed by atoms with Crippen LogP contribution >= 0.6 is 0 Å². The quantitative estimate of drug-likeness (QED) is 0.608. The van der Waals surface area contributed by atoms with Crippen LogP contribution in [0.5, 0.6) is 0 Å². The summed E-state index contributed by atoms with van der Waals surface area (Å²) in [6.45, 7) is 7.03. The Labute approximate surface area is 103 Å². The Balaban J connectivity index is 2.47. The Morgan fingerprint density at radius 3 is 2.71 bits per heavy atom. The fourth-order valence-electron chi connectivity index (χ4n) is 1.70. The summed E-state index contributed by atoms with van der Waals surface area (Å²) in [4.78, 5) is 11.8. The molecule has 0 atom stereocenters. The van der Waals surface area contributed by atoms with Gasteiger partial charge >= 0.3 is 0 Å². The third-order valence-electron chi connectivity index (χ3n) is 2.70. The van der Waals surface area contributed by atoms with Gasteiger partial charge in [-0.1, -0.05) is 19.9 Å². The van der Waals surface area contributed by atoms with E-state index in [1.807, 2.05) is 19.1 Å². The van der Waals surface area contributed by atoms with Crippen LogP contribution in [0, 0.1) is 12.8 Å². The number of hydrogen-bond donors (Lipinski definition) is 2. The van der Waals surface area contributed by atoms with Gasteiger partial charge in [-0.05, 0) is 43.4 Å². The molecular weight excluding hydrogens is 212 g/mol. The van der Waals surface area contributed by atoms with Crippen LogP contribution < -0.4 is 11.1 Å². The van der Waals surface area contributed by atoms with Crippen LogP contribution in [-0.4, -0.2) is 12.5 Å². The first-order valence-corrected chi connectivity index (χ1v) is 6.15. The standard InChI is InChI=1S/C14H22N2O/c1-10(2)5-4-8-16-14(17)12-7-6-11(3)9-13(12)15/h6-7,9-10H,4-5,8,15H2,1-3H3,(H,16,17). The maximum atomic E-state index is 11.8. The molecule has 1 aromatic rings. The number of aryl methyl sites for hydroxylation is 1. The predicted octanol–water partition coefficient (Wildman–Crippen LogP) is 2.74. The van der Waals surface area contributed by atoms with Gasteiger partial charge in [0.1, 0.15) is 0 Å². The van der Waals surface area contributed by atoms with E-state index in [0.29, 0.717) is 23.7 Å². The van der Waals surface area contributed by atoms with E-state index in [0.717, 1.165) is 18.4 Å². The fraction of sp³-hybridized carbons (Fsp3) is 0.500. The third-order valence-corrected chi connectivity index (χ3v) is 2.70. The lowest BCUT2D eigenvalue weighted by Crippen LogP contribution is -2.25. The highest BCUT2D eigenvalue weighted by Crippen LogP contribution is 2.13. The van der Waals surface area contributed by atoms with E-state index < -0.39 is 0 Å². The second-order valence-corrected chi connectivity index (χ2v) is 4.88. The van der Waals surface area contributed by atoms with Gasteiger partial charge in [-0.2, -0.15) is 0 Å². The number of nitrogen functional groups attached to an aromatic ring is 1. The maximum Gasteiger partial charge on any atom is 0.253 e. The molecule has 3 heteroatoms. The first-order chi connectivity index (χ1) is 8.00. The second-order valence-electron chi connectivity index (χ2n) is 4.88. The Morgan fingerprint density at radius 2 is 2.12 bits per heavy atom. The van der Waals surface area contributed by atoms with Crippen molar-refractivity contribution in [2.75, 3.05) is 12.3 Å². The highest BCUT2D eigenvalue weighted by atomic mass is 16.1. The van der Waals surface area contributed by atoms with Crippen molar-refractivity contribution in [3.63, 3.8) is 0 Å². The van der Waals surface area contributed by atoms with E-state index in [4.69, 9.17) is 5.73 Å². The number of anilines is 1. The zero-order chi connectivity index (χ0) is 12.8. The van der Waals surface area contributed by atoms with E-state index >= 15 is 0 Å². The molecule has 0 aliphatic rings. The molecule has 0 saturated carbocycles. The summed E-state index contributed by atoms with van der Waals surface area (Å²) in [6, 6.07) is 5.50. The molecule has 0 aliphatic carbocycles. The maximum absolute atomic E-state index is 11.8. The van der Waals surface area contributed by atoms with Crippen LogP contribution in [0.15, 0.2) is 18.2 Å². The van der Waals surface area contributed by atoms with Crippen LogP contribution in [0.4, 0.5) is 5.69 Å². The Hall–Kier alpha value is -1.51. The zero-order valence-corrected chi connectivity index (χ0v) is 10.9. The van der Waals surface area contributed by atoms with Crippen molar-refractivity contribution in [2.24, 2.45) is 5.92 Å². The fourth-order valence-corrected chi connectivity index (χ4v) is 1.70. The van der Waals surface area contributed by atoms with E-state index in [-0.39, 0.29) is 5.91 Å². The van der Waals surface area contributed by atoms with E-state index in [9.17, 15) is 4.79 Å². The number of carbonyl (C=O) groups excluding carboxylic acids is 1. The molecular formula is C14H22N2O. The molecule has 0 fully saturated rings. The Bertz CT molecular complexity index is 386. The van der Waals surface area contributed by atoms with Crippen molar-refractivity contribution < 1.29 is 4.79 Å². The smallest absolute Gasteiger partial charge is 0.253 e. The summed E-state index contributed by atoms with van der Waals surface area (Å²) in [5.74, 6) is 0.600. The van der Waals surface area contributed by atoms with Gasteiger partial charge in [0, 0.05) is 12.2 Å². The first kappa shape index (κ1) is 13.6. The molecule has 0 spiro atoms. The molecule has 3 nitrogen and oxygen atoms in total. The van der Waals surface area contributed by atoms with Crippen molar-refractivity contribution in [1.29, 1.82) is 0 Å². The minimum absolute atomic E-state index is 0.0775. The lowest BCUT2D eigenvalue weighted by atomic mass is 10.1. The predicted molar refractivity (Wildman–Crippen MR) is 72.0 cm³/mol. The molecule has 0 aliphatic heterocycles. The molecule has 1 amide bonds. The summed E-state index contributed by atoms with van der Waals surface area (Å²) >= 11 is 0. The number of nitrogens with one attached hydrogen (secondary N) is 1. The molecule has 0 bridgehead atoms. The van der Waals surface area contributed by atoms with Crippen molar-refractivity contribution in [3.8, 4) is 0 Å². The van der Waals surface area contributed by atoms with Gasteiger partial charge in [0.2, 0.25) is 0 Å². The molecule has 3 N–H and O–H groups in total. The summed E-state index contributed by atoms with van der Waals surface area (Å²) < 4.78 is 0. The second kappa shape index (κ2) is 6.28. The van der Waals surface area contributed by atoms with Crippen molar-refractivity contribution in [1.82, 2.24) is 5.32 Å². The van der Waals surface area contributed by atoms with Gasteiger partial charge in [-0.25, -0.2) is 0 Å². The summed E-state index contributed by atoms with van der Waals surface area (Å²) in [6.07, 6.45) is 2.14. The van der Waals surface area contributed by atoms with Gasteiger partial charge in [0.15, 0.2) is 0 Å². The minimum Gasteiger partial charge on any atom is -0.398 e. The molecule has 17 heavy (non-hydrogen) atoms. The Kier molecular flexibility index (Phi) is 5.01. The number of nitrogens with two attached hydrogens (primary N) is 1. The Morgan fingerprint density at radius 1 is 1.41 bits per heavy atom. The van der Waals surface area contributed by atoms with Crippen molar-refractivity contribution in [3.05, 3.63) is 29.3 Å². The average Bonchev–Trinajstić information content (AvgIpc) is 2.23. The van der Waals surface area contributed by atoms with Crippen LogP contribution in [0.3, 0.4) is 0 Å². The topological polar surface area (TPSA) is 55.1 Å². The zero-order valence-electron chi connectivity index (χ0n) is 10.9. The molecule has 94 valence electrons. The van der Waals surface area contributed by atoms with Gasteiger partial charge in [0.25, 0.3) is 5.91 Å². The molecule has 1 rings (SSSR count). The lowest BCUT2D eigenvalue weighted by molar-refractivity contribution is 0.0953. The monoisotopic (exact) mass is 234 g/mol. The minimum atomic E-state index is -0.0775. The third kappa shape index (κ3) is 4.47. The number of rotatable bonds is 5.